The van der Waals surface area contributed by atoms with Gasteiger partial charge in [0, 0.05) is 12.5 Å². The van der Waals surface area contributed by atoms with E-state index < -0.39 is 11.7 Å². The molecule has 1 saturated heterocycles. The third-order valence-electron chi connectivity index (χ3n) is 4.46. The lowest BCUT2D eigenvalue weighted by molar-refractivity contribution is -0.137. The highest BCUT2D eigenvalue weighted by molar-refractivity contribution is 5.77. The molecule has 6 heteroatoms. The third kappa shape index (κ3) is 2.41. The number of rotatable bonds is 1. The van der Waals surface area contributed by atoms with E-state index in [1.165, 1.54) is 6.07 Å². The van der Waals surface area contributed by atoms with E-state index in [-0.39, 0.29) is 5.41 Å². The summed E-state index contributed by atoms with van der Waals surface area (Å²) in [4.78, 5) is 4.52. The maximum Gasteiger partial charge on any atom is 0.416 e. The first-order chi connectivity index (χ1) is 9.81. The van der Waals surface area contributed by atoms with Crippen molar-refractivity contribution in [2.24, 2.45) is 7.05 Å². The molecule has 1 aromatic heterocycles. The Bertz CT molecular complexity index is 667. The van der Waals surface area contributed by atoms with E-state index in [4.69, 9.17) is 0 Å². The number of hydrogen-bond acceptors (Lipinski definition) is 2. The summed E-state index contributed by atoms with van der Waals surface area (Å²) in [5, 5.41) is 3.31. The Morgan fingerprint density at radius 1 is 1.24 bits per heavy atom. The topological polar surface area (TPSA) is 29.9 Å². The summed E-state index contributed by atoms with van der Waals surface area (Å²) in [5.41, 5.74) is 0.437. The van der Waals surface area contributed by atoms with Crippen LogP contribution >= 0.6 is 0 Å². The van der Waals surface area contributed by atoms with Crippen LogP contribution in [0, 0.1) is 0 Å². The summed E-state index contributed by atoms with van der Waals surface area (Å²) in [7, 11) is 1.88. The predicted molar refractivity (Wildman–Crippen MR) is 75.2 cm³/mol. The van der Waals surface area contributed by atoms with Gasteiger partial charge in [0.2, 0.25) is 0 Å². The Hall–Kier alpha value is -1.56. The van der Waals surface area contributed by atoms with Crippen LogP contribution in [0.5, 0.6) is 0 Å². The van der Waals surface area contributed by atoms with Crippen molar-refractivity contribution in [2.45, 2.75) is 31.4 Å². The van der Waals surface area contributed by atoms with Crippen LogP contribution in [0.4, 0.5) is 13.2 Å². The third-order valence-corrected chi connectivity index (χ3v) is 4.46. The summed E-state index contributed by atoms with van der Waals surface area (Å²) in [6.07, 6.45) is -2.45. The monoisotopic (exact) mass is 297 g/mol. The Labute approximate surface area is 121 Å². The molecule has 0 atom stereocenters. The molecule has 0 radical (unpaired) electrons. The lowest BCUT2D eigenvalue weighted by atomic mass is 9.80. The number of hydrogen-bond donors (Lipinski definition) is 1. The molecule has 1 N–H and O–H groups in total. The molecule has 2 heterocycles. The minimum Gasteiger partial charge on any atom is -0.331 e. The molecular formula is C15H18F3N3. The second-order valence-electron chi connectivity index (χ2n) is 6.01. The molecular weight excluding hydrogens is 279 g/mol. The quantitative estimate of drug-likeness (QED) is 0.876. The largest absolute Gasteiger partial charge is 0.416 e. The smallest absolute Gasteiger partial charge is 0.331 e. The molecule has 3 rings (SSSR count). The average Bonchev–Trinajstić information content (AvgIpc) is 2.76. The van der Waals surface area contributed by atoms with E-state index in [2.05, 4.69) is 17.2 Å². The van der Waals surface area contributed by atoms with Crippen LogP contribution < -0.4 is 5.32 Å². The van der Waals surface area contributed by atoms with Gasteiger partial charge in [-0.15, -0.1) is 0 Å². The van der Waals surface area contributed by atoms with Gasteiger partial charge in [0.25, 0.3) is 0 Å². The first kappa shape index (κ1) is 14.4. The van der Waals surface area contributed by atoms with Gasteiger partial charge >= 0.3 is 6.18 Å². The number of aryl methyl sites for hydroxylation is 1. The van der Waals surface area contributed by atoms with Crippen molar-refractivity contribution < 1.29 is 13.2 Å². The molecule has 0 unspecified atom stereocenters. The highest BCUT2D eigenvalue weighted by Crippen LogP contribution is 2.36. The molecule has 0 aliphatic carbocycles. The zero-order valence-corrected chi connectivity index (χ0v) is 12.1. The maximum atomic E-state index is 12.8. The molecule has 0 saturated carbocycles. The van der Waals surface area contributed by atoms with E-state index >= 15 is 0 Å². The van der Waals surface area contributed by atoms with E-state index in [1.807, 2.05) is 11.6 Å². The van der Waals surface area contributed by atoms with Crippen molar-refractivity contribution in [3.63, 3.8) is 0 Å². The number of benzene rings is 1. The molecule has 0 spiro atoms. The van der Waals surface area contributed by atoms with E-state index in [0.29, 0.717) is 5.52 Å². The minimum absolute atomic E-state index is 0.0859. The van der Waals surface area contributed by atoms with Crippen LogP contribution in [0.15, 0.2) is 18.2 Å². The minimum atomic E-state index is -4.33. The number of imidazole rings is 1. The number of piperidine rings is 1. The lowest BCUT2D eigenvalue weighted by Gasteiger charge is -2.33. The van der Waals surface area contributed by atoms with Gasteiger partial charge in [-0.3, -0.25) is 0 Å². The molecule has 0 bridgehead atoms. The van der Waals surface area contributed by atoms with Crippen molar-refractivity contribution >= 4 is 11.0 Å². The van der Waals surface area contributed by atoms with Gasteiger partial charge in [-0.1, -0.05) is 6.92 Å². The second kappa shape index (κ2) is 4.73. The molecule has 114 valence electrons. The summed E-state index contributed by atoms with van der Waals surface area (Å²) in [6, 6.07) is 3.78. The molecule has 1 fully saturated rings. The highest BCUT2D eigenvalue weighted by atomic mass is 19.4. The van der Waals surface area contributed by atoms with Gasteiger partial charge in [-0.25, -0.2) is 4.98 Å². The average molecular weight is 297 g/mol. The van der Waals surface area contributed by atoms with Crippen molar-refractivity contribution in [3.8, 4) is 0 Å². The van der Waals surface area contributed by atoms with Crippen LogP contribution in [-0.2, 0) is 18.6 Å². The molecule has 21 heavy (non-hydrogen) atoms. The van der Waals surface area contributed by atoms with Gasteiger partial charge in [0.15, 0.2) is 0 Å². The number of alkyl halides is 3. The first-order valence-electron chi connectivity index (χ1n) is 7.06. The van der Waals surface area contributed by atoms with Crippen molar-refractivity contribution in [2.75, 3.05) is 13.1 Å². The number of halogens is 3. The molecule has 3 nitrogen and oxygen atoms in total. The SMILES string of the molecule is Cn1c(C2(C)CCNCC2)nc2cc(C(F)(F)F)ccc21. The van der Waals surface area contributed by atoms with Crippen LogP contribution in [0.3, 0.4) is 0 Å². The zero-order valence-electron chi connectivity index (χ0n) is 12.1. The summed E-state index contributed by atoms with van der Waals surface area (Å²) < 4.78 is 40.4. The van der Waals surface area contributed by atoms with Gasteiger partial charge < -0.3 is 9.88 Å². The van der Waals surface area contributed by atoms with Crippen molar-refractivity contribution in [3.05, 3.63) is 29.6 Å². The summed E-state index contributed by atoms with van der Waals surface area (Å²) in [5.74, 6) is 0.873. The van der Waals surface area contributed by atoms with Crippen molar-refractivity contribution in [1.29, 1.82) is 0 Å². The normalized spacial score (nSPS) is 19.1. The lowest BCUT2D eigenvalue weighted by Crippen LogP contribution is -2.39. The van der Waals surface area contributed by atoms with E-state index in [9.17, 15) is 13.2 Å². The molecule has 1 aliphatic rings. The molecule has 0 amide bonds. The molecule has 2 aromatic rings. The fourth-order valence-electron chi connectivity index (χ4n) is 3.12. The Morgan fingerprint density at radius 3 is 2.52 bits per heavy atom. The van der Waals surface area contributed by atoms with E-state index in [1.54, 1.807) is 0 Å². The van der Waals surface area contributed by atoms with Crippen LogP contribution in [0.2, 0.25) is 0 Å². The molecule has 1 aromatic carbocycles. The van der Waals surface area contributed by atoms with E-state index in [0.717, 1.165) is 49.4 Å². The standard InChI is InChI=1S/C15H18F3N3/c1-14(5-7-19-8-6-14)13-20-11-9-10(15(16,17)18)3-4-12(11)21(13)2/h3-4,9,19H,5-8H2,1-2H3. The predicted octanol–water partition coefficient (Wildman–Crippen LogP) is 3.23. The first-order valence-corrected chi connectivity index (χ1v) is 7.06. The summed E-state index contributed by atoms with van der Waals surface area (Å²) >= 11 is 0. The van der Waals surface area contributed by atoms with Crippen molar-refractivity contribution in [1.82, 2.24) is 14.9 Å². The number of nitrogens with one attached hydrogen (secondary N) is 1. The summed E-state index contributed by atoms with van der Waals surface area (Å²) in [6.45, 7) is 3.96. The van der Waals surface area contributed by atoms with Crippen LogP contribution in [0.25, 0.3) is 11.0 Å². The Balaban J connectivity index is 2.11. The molecule has 1 aliphatic heterocycles. The second-order valence-corrected chi connectivity index (χ2v) is 6.01. The fourth-order valence-corrected chi connectivity index (χ4v) is 3.12. The Morgan fingerprint density at radius 2 is 1.90 bits per heavy atom. The number of nitrogens with zero attached hydrogens (tertiary/aromatic N) is 2. The van der Waals surface area contributed by atoms with Gasteiger partial charge in [-0.2, -0.15) is 13.2 Å². The highest BCUT2D eigenvalue weighted by Gasteiger charge is 2.34. The zero-order chi connectivity index (χ0) is 15.3. The number of aromatic nitrogens is 2. The van der Waals surface area contributed by atoms with Gasteiger partial charge in [0.05, 0.1) is 16.6 Å². The fraction of sp³-hybridized carbons (Fsp3) is 0.533. The van der Waals surface area contributed by atoms with Gasteiger partial charge in [-0.05, 0) is 44.1 Å². The van der Waals surface area contributed by atoms with Crippen LogP contribution in [0.1, 0.15) is 31.2 Å². The number of fused-ring (bicyclic) bond motifs is 1. The maximum absolute atomic E-state index is 12.8. The van der Waals surface area contributed by atoms with Crippen LogP contribution in [-0.4, -0.2) is 22.6 Å². The Kier molecular flexibility index (Phi) is 3.24. The van der Waals surface area contributed by atoms with Gasteiger partial charge in [0.1, 0.15) is 5.82 Å².